The molecule has 2 atom stereocenters. The maximum atomic E-state index is 12.6. The van der Waals surface area contributed by atoms with Crippen LogP contribution in [0.4, 0.5) is 0 Å². The Morgan fingerprint density at radius 1 is 1.37 bits per heavy atom. The molecule has 0 bridgehead atoms. The van der Waals surface area contributed by atoms with E-state index >= 15 is 0 Å². The van der Waals surface area contributed by atoms with Crippen LogP contribution in [0, 0.1) is 19.3 Å². The Hall–Kier alpha value is -2.22. The van der Waals surface area contributed by atoms with Gasteiger partial charge >= 0.3 is 5.69 Å². The molecular weight excluding hydrogens is 350 g/mol. The molecule has 1 aliphatic heterocycles. The highest BCUT2D eigenvalue weighted by molar-refractivity contribution is 5.76. The number of aryl methyl sites for hydroxylation is 2. The summed E-state index contributed by atoms with van der Waals surface area (Å²) < 4.78 is 1.56. The Labute approximate surface area is 158 Å². The van der Waals surface area contributed by atoms with Gasteiger partial charge < -0.3 is 15.1 Å². The number of carbonyl (C=O) groups is 2. The Bertz CT molecular complexity index is 733. The fourth-order valence-electron chi connectivity index (χ4n) is 4.38. The monoisotopic (exact) mass is 379 g/mol. The summed E-state index contributed by atoms with van der Waals surface area (Å²) in [6, 6.07) is 1.86. The Morgan fingerprint density at radius 3 is 2.63 bits per heavy atom. The van der Waals surface area contributed by atoms with Crippen LogP contribution < -0.4 is 5.69 Å². The lowest BCUT2D eigenvalue weighted by molar-refractivity contribution is -0.136. The average Bonchev–Trinajstić information content (AvgIpc) is 2.94. The van der Waals surface area contributed by atoms with Gasteiger partial charge in [-0.25, -0.2) is 4.79 Å². The van der Waals surface area contributed by atoms with E-state index in [1.54, 1.807) is 11.5 Å². The van der Waals surface area contributed by atoms with Crippen molar-refractivity contribution >= 4 is 12.4 Å². The molecule has 1 spiro atoms. The maximum Gasteiger partial charge on any atom is 0.347 e. The third-order valence-electron chi connectivity index (χ3n) is 5.72. The van der Waals surface area contributed by atoms with E-state index in [-0.39, 0.29) is 29.6 Å². The van der Waals surface area contributed by atoms with E-state index < -0.39 is 0 Å². The first-order valence-corrected chi connectivity index (χ1v) is 9.42. The molecule has 150 valence electrons. The second-order valence-corrected chi connectivity index (χ2v) is 7.52. The van der Waals surface area contributed by atoms with Crippen molar-refractivity contribution in [1.29, 1.82) is 0 Å². The van der Waals surface area contributed by atoms with Crippen LogP contribution in [-0.4, -0.2) is 56.2 Å². The third kappa shape index (κ3) is 4.94. The lowest BCUT2D eigenvalue weighted by Crippen LogP contribution is -2.49. The minimum atomic E-state index is -0.290. The smallest absolute Gasteiger partial charge is 0.347 e. The Balaban J connectivity index is 0.000000817. The van der Waals surface area contributed by atoms with Gasteiger partial charge in [-0.1, -0.05) is 6.42 Å². The highest BCUT2D eigenvalue weighted by Gasteiger charge is 2.45. The van der Waals surface area contributed by atoms with Crippen LogP contribution in [0.25, 0.3) is 0 Å². The number of carbonyl (C=O) groups excluding carboxylic acids is 1. The molecule has 1 amide bonds. The molecule has 1 aliphatic carbocycles. The van der Waals surface area contributed by atoms with Crippen molar-refractivity contribution in [1.82, 2.24) is 14.5 Å². The number of likely N-dealkylation sites (tertiary alicyclic amines) is 1. The van der Waals surface area contributed by atoms with Crippen LogP contribution in [0.3, 0.4) is 0 Å². The quantitative estimate of drug-likeness (QED) is 0.761. The fraction of sp³-hybridized carbons (Fsp3) is 0.684. The topological polar surface area (TPSA) is 113 Å². The summed E-state index contributed by atoms with van der Waals surface area (Å²) >= 11 is 0. The number of hydrogen-bond acceptors (Lipinski definition) is 5. The highest BCUT2D eigenvalue weighted by atomic mass is 16.3. The summed E-state index contributed by atoms with van der Waals surface area (Å²) in [6.45, 7) is 5.19. The minimum Gasteiger partial charge on any atom is -0.483 e. The van der Waals surface area contributed by atoms with E-state index in [2.05, 4.69) is 4.98 Å². The van der Waals surface area contributed by atoms with Crippen LogP contribution in [0.5, 0.6) is 0 Å². The molecule has 1 saturated heterocycles. The van der Waals surface area contributed by atoms with Crippen LogP contribution in [-0.2, 0) is 16.1 Å². The molecule has 2 fully saturated rings. The number of nitrogens with zero attached hydrogens (tertiary/aromatic N) is 3. The highest BCUT2D eigenvalue weighted by Crippen LogP contribution is 2.45. The fourth-order valence-corrected chi connectivity index (χ4v) is 4.38. The van der Waals surface area contributed by atoms with Gasteiger partial charge in [0.1, 0.15) is 0 Å². The van der Waals surface area contributed by atoms with Gasteiger partial charge in [-0.15, -0.1) is 0 Å². The predicted octanol–water partition coefficient (Wildman–Crippen LogP) is 1.10. The number of amides is 1. The second kappa shape index (κ2) is 9.12. The van der Waals surface area contributed by atoms with E-state index in [1.807, 2.05) is 17.9 Å². The molecule has 1 aromatic heterocycles. The van der Waals surface area contributed by atoms with Gasteiger partial charge in [-0.05, 0) is 45.6 Å². The van der Waals surface area contributed by atoms with Gasteiger partial charge in [-0.3, -0.25) is 14.2 Å². The molecular formula is C19H29N3O5. The number of aliphatic hydroxyl groups is 1. The van der Waals surface area contributed by atoms with Gasteiger partial charge in [0.15, 0.2) is 0 Å². The van der Waals surface area contributed by atoms with Crippen molar-refractivity contribution in [3.05, 3.63) is 27.9 Å². The van der Waals surface area contributed by atoms with E-state index in [9.17, 15) is 14.7 Å². The third-order valence-corrected chi connectivity index (χ3v) is 5.72. The predicted molar refractivity (Wildman–Crippen MR) is 99.4 cm³/mol. The molecule has 2 aliphatic rings. The number of carboxylic acid groups (broad SMARTS) is 1. The maximum absolute atomic E-state index is 12.6. The average molecular weight is 379 g/mol. The van der Waals surface area contributed by atoms with Crippen molar-refractivity contribution in [3.63, 3.8) is 0 Å². The first-order valence-electron chi connectivity index (χ1n) is 9.42. The molecule has 8 heteroatoms. The standard InChI is InChI=1S/C18H27N3O3.CH2O2/c1-13-11-14(2)21(17(24)19-13)10-6-16(23)20-9-4-8-18(12-20)7-3-5-15(18)22;2-1-3/h11,15,22H,3-10,12H2,1-2H3;1H,(H,2,3)/t15-,18+;/m1./s1. The van der Waals surface area contributed by atoms with Crippen molar-refractivity contribution < 1.29 is 19.8 Å². The van der Waals surface area contributed by atoms with E-state index in [4.69, 9.17) is 9.90 Å². The van der Waals surface area contributed by atoms with Crippen LogP contribution >= 0.6 is 0 Å². The summed E-state index contributed by atoms with van der Waals surface area (Å²) in [7, 11) is 0. The van der Waals surface area contributed by atoms with Gasteiger partial charge in [0, 0.05) is 42.9 Å². The molecule has 1 aromatic rings. The number of aromatic nitrogens is 2. The number of rotatable bonds is 3. The van der Waals surface area contributed by atoms with Crippen molar-refractivity contribution in [2.45, 2.75) is 65.0 Å². The van der Waals surface area contributed by atoms with E-state index in [1.165, 1.54) is 0 Å². The van der Waals surface area contributed by atoms with Crippen molar-refractivity contribution in [3.8, 4) is 0 Å². The normalized spacial score (nSPS) is 24.4. The summed E-state index contributed by atoms with van der Waals surface area (Å²) in [5.41, 5.74) is 1.16. The summed E-state index contributed by atoms with van der Waals surface area (Å²) in [4.78, 5) is 38.8. The number of hydrogen-bond donors (Lipinski definition) is 2. The molecule has 2 heterocycles. The molecule has 3 rings (SSSR count). The van der Waals surface area contributed by atoms with Crippen LogP contribution in [0.15, 0.2) is 10.9 Å². The lowest BCUT2D eigenvalue weighted by atomic mass is 9.76. The number of aliphatic hydroxyl groups excluding tert-OH is 1. The minimum absolute atomic E-state index is 0.0695. The molecule has 27 heavy (non-hydrogen) atoms. The molecule has 1 saturated carbocycles. The Kier molecular flexibility index (Phi) is 7.12. The SMILES string of the molecule is Cc1cc(C)n(CCC(=O)N2CCC[C@@]3(CCC[C@H]3O)C2)c(=O)n1.O=CO. The van der Waals surface area contributed by atoms with Gasteiger partial charge in [0.25, 0.3) is 6.47 Å². The summed E-state index contributed by atoms with van der Waals surface area (Å²) in [6.07, 6.45) is 4.90. The first-order chi connectivity index (χ1) is 12.8. The van der Waals surface area contributed by atoms with E-state index in [0.29, 0.717) is 25.2 Å². The summed E-state index contributed by atoms with van der Waals surface area (Å²) in [5, 5.41) is 17.2. The number of piperidine rings is 1. The molecule has 0 radical (unpaired) electrons. The molecule has 8 nitrogen and oxygen atoms in total. The second-order valence-electron chi connectivity index (χ2n) is 7.52. The Morgan fingerprint density at radius 2 is 2.04 bits per heavy atom. The van der Waals surface area contributed by atoms with Crippen molar-refractivity contribution in [2.24, 2.45) is 5.41 Å². The van der Waals surface area contributed by atoms with Crippen LogP contribution in [0.2, 0.25) is 0 Å². The van der Waals surface area contributed by atoms with Crippen molar-refractivity contribution in [2.75, 3.05) is 13.1 Å². The first kappa shape index (κ1) is 21.1. The van der Waals surface area contributed by atoms with Gasteiger partial charge in [0.2, 0.25) is 5.91 Å². The molecule has 2 N–H and O–H groups in total. The zero-order valence-corrected chi connectivity index (χ0v) is 16.1. The molecule has 0 aromatic carbocycles. The lowest BCUT2D eigenvalue weighted by Gasteiger charge is -2.42. The van der Waals surface area contributed by atoms with E-state index in [0.717, 1.165) is 44.3 Å². The zero-order chi connectivity index (χ0) is 20.0. The van der Waals surface area contributed by atoms with Gasteiger partial charge in [0.05, 0.1) is 6.10 Å². The zero-order valence-electron chi connectivity index (χ0n) is 16.1. The summed E-state index contributed by atoms with van der Waals surface area (Å²) in [5.74, 6) is 0.0695. The largest absolute Gasteiger partial charge is 0.483 e. The van der Waals surface area contributed by atoms with Gasteiger partial charge in [-0.2, -0.15) is 4.98 Å². The van der Waals surface area contributed by atoms with Crippen LogP contribution in [0.1, 0.15) is 49.9 Å². The molecule has 0 unspecified atom stereocenters.